The van der Waals surface area contributed by atoms with Crippen LogP contribution in [0.4, 0.5) is 0 Å². The van der Waals surface area contributed by atoms with Crippen molar-refractivity contribution in [2.45, 2.75) is 521 Å². The summed E-state index contributed by atoms with van der Waals surface area (Å²) in [5, 5.41) is 0. The number of rotatable bonds is 88. The molecule has 0 rings (SSSR count). The average Bonchev–Trinajstić information content (AvgIpc) is 1.30. The van der Waals surface area contributed by atoms with Crippen LogP contribution in [-0.2, 0) is 32.7 Å². The number of ether oxygens (including phenoxy) is 2. The molecule has 0 N–H and O–H groups in total. The van der Waals surface area contributed by atoms with E-state index < -0.39 is 26.5 Å². The molecule has 0 saturated carbocycles. The number of phosphoric acid groups is 1. The van der Waals surface area contributed by atoms with Crippen LogP contribution < -0.4 is 4.89 Å². The lowest BCUT2D eigenvalue weighted by Gasteiger charge is -2.28. The second-order valence-corrected chi connectivity index (χ2v) is 34.5. The van der Waals surface area contributed by atoms with Crippen molar-refractivity contribution >= 4 is 19.8 Å². The van der Waals surface area contributed by atoms with Crippen LogP contribution in [0.2, 0.25) is 0 Å². The number of carbonyl (C=O) groups excluding carboxylic acids is 2. The molecule has 0 saturated heterocycles. The lowest BCUT2D eigenvalue weighted by atomic mass is 10.0. The standard InChI is InChI=1S/C90H180NO8P/c1-6-8-10-12-14-16-18-20-22-24-26-28-30-32-34-36-38-40-42-43-44-45-46-47-49-51-53-55-57-59-61-63-65-67-69-71-73-75-77-79-81-83-90(93)99-88(87-98-100(94,95)97-85-84-91(3,4)5)86-96-89(92)82-80-78-76-74-72-70-68-66-64-62-60-58-56-54-52-50-48-41-39-37-35-33-31-29-27-25-23-21-19-17-15-13-11-9-7-2/h88H,6-87H2,1-5H3. The zero-order chi connectivity index (χ0) is 72.5. The van der Waals surface area contributed by atoms with E-state index in [1.165, 1.54) is 449 Å². The Morgan fingerprint density at radius 3 is 0.640 bits per heavy atom. The van der Waals surface area contributed by atoms with E-state index in [4.69, 9.17) is 18.5 Å². The summed E-state index contributed by atoms with van der Waals surface area (Å²) in [7, 11) is 1.20. The third kappa shape index (κ3) is 85.9. The Morgan fingerprint density at radius 2 is 0.450 bits per heavy atom. The summed E-state index contributed by atoms with van der Waals surface area (Å²) in [6.45, 7) is 4.36. The highest BCUT2D eigenvalue weighted by Gasteiger charge is 2.22. The van der Waals surface area contributed by atoms with Gasteiger partial charge >= 0.3 is 11.9 Å². The maximum Gasteiger partial charge on any atom is 0.306 e. The molecule has 598 valence electrons. The fraction of sp³-hybridized carbons (Fsp3) is 0.978. The first-order valence-corrected chi connectivity index (χ1v) is 47.2. The number of likely N-dealkylation sites (N-methyl/N-ethyl adjacent to an activating group) is 1. The summed E-state index contributed by atoms with van der Waals surface area (Å²) >= 11 is 0. The number of hydrogen-bond acceptors (Lipinski definition) is 8. The first kappa shape index (κ1) is 99.0. The Labute approximate surface area is 626 Å². The largest absolute Gasteiger partial charge is 0.756 e. The normalized spacial score (nSPS) is 12.8. The van der Waals surface area contributed by atoms with Gasteiger partial charge in [-0.1, -0.05) is 489 Å². The van der Waals surface area contributed by atoms with E-state index in [9.17, 15) is 19.0 Å². The van der Waals surface area contributed by atoms with Gasteiger partial charge in [-0.2, -0.15) is 0 Å². The summed E-state index contributed by atoms with van der Waals surface area (Å²) in [6, 6.07) is 0. The van der Waals surface area contributed by atoms with E-state index in [-0.39, 0.29) is 32.0 Å². The van der Waals surface area contributed by atoms with Gasteiger partial charge in [0.1, 0.15) is 19.8 Å². The van der Waals surface area contributed by atoms with Gasteiger partial charge in [-0.25, -0.2) is 0 Å². The summed E-state index contributed by atoms with van der Waals surface area (Å²) < 4.78 is 34.5. The third-order valence-corrected chi connectivity index (χ3v) is 22.6. The summed E-state index contributed by atoms with van der Waals surface area (Å²) in [5.41, 5.74) is 0. The molecule has 0 spiro atoms. The van der Waals surface area contributed by atoms with Crippen LogP contribution >= 0.6 is 7.82 Å². The van der Waals surface area contributed by atoms with Gasteiger partial charge in [-0.3, -0.25) is 14.2 Å². The molecule has 0 amide bonds. The van der Waals surface area contributed by atoms with Crippen LogP contribution in [-0.4, -0.2) is 70.0 Å². The van der Waals surface area contributed by atoms with Crippen LogP contribution in [0, 0.1) is 0 Å². The van der Waals surface area contributed by atoms with Gasteiger partial charge < -0.3 is 27.9 Å². The van der Waals surface area contributed by atoms with Gasteiger partial charge in [0.25, 0.3) is 7.82 Å². The maximum absolute atomic E-state index is 12.9. The number of hydrogen-bond donors (Lipinski definition) is 0. The number of carbonyl (C=O) groups is 2. The van der Waals surface area contributed by atoms with Crippen molar-refractivity contribution in [1.82, 2.24) is 0 Å². The summed E-state index contributed by atoms with van der Waals surface area (Å²) in [6.07, 6.45) is 104. The Hall–Kier alpha value is -0.990. The third-order valence-electron chi connectivity index (χ3n) is 21.6. The summed E-state index contributed by atoms with van der Waals surface area (Å²) in [5.74, 6) is -0.798. The monoisotopic (exact) mass is 1430 g/mol. The van der Waals surface area contributed by atoms with E-state index in [2.05, 4.69) is 13.8 Å². The molecule has 2 unspecified atom stereocenters. The van der Waals surface area contributed by atoms with Crippen LogP contribution in [0.5, 0.6) is 0 Å². The minimum absolute atomic E-state index is 0.0245. The molecular weight excluding hydrogens is 1250 g/mol. The molecule has 0 heterocycles. The van der Waals surface area contributed by atoms with Crippen molar-refractivity contribution in [3.8, 4) is 0 Å². The van der Waals surface area contributed by atoms with Crippen molar-refractivity contribution in [1.29, 1.82) is 0 Å². The van der Waals surface area contributed by atoms with Crippen LogP contribution in [0.3, 0.4) is 0 Å². The van der Waals surface area contributed by atoms with Gasteiger partial charge in [0.2, 0.25) is 0 Å². The van der Waals surface area contributed by atoms with E-state index >= 15 is 0 Å². The number of phosphoric ester groups is 1. The molecule has 10 heteroatoms. The molecule has 0 fully saturated rings. The van der Waals surface area contributed by atoms with Crippen LogP contribution in [0.15, 0.2) is 0 Å². The molecule has 0 aliphatic carbocycles. The molecule has 0 bridgehead atoms. The minimum atomic E-state index is -4.64. The zero-order valence-corrected chi connectivity index (χ0v) is 69.6. The second kappa shape index (κ2) is 82.1. The van der Waals surface area contributed by atoms with Crippen LogP contribution in [0.25, 0.3) is 0 Å². The first-order chi connectivity index (χ1) is 49.0. The van der Waals surface area contributed by atoms with E-state index in [0.29, 0.717) is 17.4 Å². The van der Waals surface area contributed by atoms with Crippen molar-refractivity contribution in [3.05, 3.63) is 0 Å². The molecule has 100 heavy (non-hydrogen) atoms. The van der Waals surface area contributed by atoms with Gasteiger partial charge in [0.05, 0.1) is 27.7 Å². The van der Waals surface area contributed by atoms with Gasteiger partial charge in [0.15, 0.2) is 6.10 Å². The topological polar surface area (TPSA) is 111 Å². The van der Waals surface area contributed by atoms with Crippen molar-refractivity contribution in [2.75, 3.05) is 47.5 Å². The summed E-state index contributed by atoms with van der Waals surface area (Å²) in [4.78, 5) is 38.3. The molecule has 0 aromatic heterocycles. The Morgan fingerprint density at radius 1 is 0.270 bits per heavy atom. The maximum atomic E-state index is 12.9. The molecule has 0 aliphatic rings. The molecule has 0 radical (unpaired) electrons. The molecule has 0 aromatic carbocycles. The highest BCUT2D eigenvalue weighted by Crippen LogP contribution is 2.38. The first-order valence-electron chi connectivity index (χ1n) is 45.7. The SMILES string of the molecule is CCCCCCCCCCCCCCCCCCCCCCCCCCCCCCCCCCCCCCCCCCCC(=O)OC(COC(=O)CCCCCCCCCCCCCCCCCCCCCCCCCCCCCCCCCCCCC)COP(=O)([O-])OCC[N+](C)(C)C. The molecule has 0 aromatic rings. The predicted octanol–water partition coefficient (Wildman–Crippen LogP) is 30.1. The number of unbranched alkanes of at least 4 members (excludes halogenated alkanes) is 74. The Kier molecular flexibility index (Phi) is 81.3. The van der Waals surface area contributed by atoms with E-state index in [1.54, 1.807) is 0 Å². The zero-order valence-electron chi connectivity index (χ0n) is 68.7. The second-order valence-electron chi connectivity index (χ2n) is 33.0. The molecule has 0 aliphatic heterocycles. The Bertz CT molecular complexity index is 1640. The fourth-order valence-electron chi connectivity index (χ4n) is 14.7. The fourth-order valence-corrected chi connectivity index (χ4v) is 15.4. The highest BCUT2D eigenvalue weighted by atomic mass is 31.2. The predicted molar refractivity (Wildman–Crippen MR) is 435 cm³/mol. The van der Waals surface area contributed by atoms with E-state index in [1.807, 2.05) is 21.1 Å². The van der Waals surface area contributed by atoms with Crippen LogP contribution in [0.1, 0.15) is 515 Å². The smallest absolute Gasteiger partial charge is 0.306 e. The number of quaternary nitrogens is 1. The highest BCUT2D eigenvalue weighted by molar-refractivity contribution is 7.45. The van der Waals surface area contributed by atoms with E-state index in [0.717, 1.165) is 32.1 Å². The average molecular weight is 1440 g/mol. The number of nitrogens with zero attached hydrogens (tertiary/aromatic N) is 1. The van der Waals surface area contributed by atoms with Gasteiger partial charge in [0, 0.05) is 12.8 Å². The molecule has 2 atom stereocenters. The Balaban J connectivity index is 3.80. The lowest BCUT2D eigenvalue weighted by Crippen LogP contribution is -2.37. The quantitative estimate of drug-likeness (QED) is 0.0256. The number of esters is 2. The molecular formula is C90H180NO8P. The van der Waals surface area contributed by atoms with Gasteiger partial charge in [-0.15, -0.1) is 0 Å². The van der Waals surface area contributed by atoms with Crippen molar-refractivity contribution in [2.24, 2.45) is 0 Å². The van der Waals surface area contributed by atoms with Gasteiger partial charge in [-0.05, 0) is 12.8 Å². The lowest BCUT2D eigenvalue weighted by molar-refractivity contribution is -0.870. The minimum Gasteiger partial charge on any atom is -0.756 e. The van der Waals surface area contributed by atoms with Crippen molar-refractivity contribution < 1.29 is 42.1 Å². The van der Waals surface area contributed by atoms with Crippen molar-refractivity contribution in [3.63, 3.8) is 0 Å². The molecule has 9 nitrogen and oxygen atoms in total.